The van der Waals surface area contributed by atoms with Gasteiger partial charge in [-0.1, -0.05) is 0 Å². The predicted molar refractivity (Wildman–Crippen MR) is 87.6 cm³/mol. The van der Waals surface area contributed by atoms with Crippen molar-refractivity contribution in [3.8, 4) is 0 Å². The molecule has 21 heavy (non-hydrogen) atoms. The van der Waals surface area contributed by atoms with E-state index in [0.29, 0.717) is 24.4 Å². The fourth-order valence-corrected chi connectivity index (χ4v) is 5.54. The number of rotatable bonds is 7. The van der Waals surface area contributed by atoms with Crippen molar-refractivity contribution < 1.29 is 8.42 Å². The second-order valence-electron chi connectivity index (χ2n) is 4.71. The van der Waals surface area contributed by atoms with Crippen LogP contribution in [0.5, 0.6) is 0 Å². The van der Waals surface area contributed by atoms with Gasteiger partial charge in [-0.15, -0.1) is 22.7 Å². The van der Waals surface area contributed by atoms with Gasteiger partial charge in [0.15, 0.2) is 0 Å². The van der Waals surface area contributed by atoms with Gasteiger partial charge < -0.3 is 5.32 Å². The fourth-order valence-electron chi connectivity index (χ4n) is 2.04. The lowest BCUT2D eigenvalue weighted by molar-refractivity contribution is 0.579. The number of thiophene rings is 1. The summed E-state index contributed by atoms with van der Waals surface area (Å²) in [4.78, 5) is 5.59. The maximum absolute atomic E-state index is 12.5. The van der Waals surface area contributed by atoms with E-state index >= 15 is 0 Å². The van der Waals surface area contributed by atoms with Crippen molar-refractivity contribution in [1.82, 2.24) is 15.0 Å². The standard InChI is InChI=1S/C13H19N3O2S3/c1-9-7-20-12(6-14-3)13(9)21(17,18)15-5-4-11-8-19-10(2)16-11/h7-8,14-15H,4-6H2,1-3H3. The van der Waals surface area contributed by atoms with Crippen molar-refractivity contribution in [2.24, 2.45) is 0 Å². The van der Waals surface area contributed by atoms with Gasteiger partial charge in [-0.2, -0.15) is 0 Å². The van der Waals surface area contributed by atoms with Gasteiger partial charge in [0.1, 0.15) is 4.90 Å². The molecule has 0 spiro atoms. The first-order valence-electron chi connectivity index (χ1n) is 6.56. The average molecular weight is 346 g/mol. The van der Waals surface area contributed by atoms with Crippen molar-refractivity contribution >= 4 is 32.7 Å². The zero-order chi connectivity index (χ0) is 15.5. The van der Waals surface area contributed by atoms with Crippen molar-refractivity contribution in [2.75, 3.05) is 13.6 Å². The van der Waals surface area contributed by atoms with E-state index in [-0.39, 0.29) is 0 Å². The minimum absolute atomic E-state index is 0.361. The Labute approximate surface area is 133 Å². The molecule has 0 saturated heterocycles. The number of hydrogen-bond acceptors (Lipinski definition) is 6. The molecule has 0 bridgehead atoms. The van der Waals surface area contributed by atoms with Crippen LogP contribution in [0.25, 0.3) is 0 Å². The van der Waals surface area contributed by atoms with Gasteiger partial charge in [-0.25, -0.2) is 18.1 Å². The molecule has 0 unspecified atom stereocenters. The number of hydrogen-bond donors (Lipinski definition) is 2. The average Bonchev–Trinajstić information content (AvgIpc) is 2.97. The summed E-state index contributed by atoms with van der Waals surface area (Å²) in [5, 5.41) is 7.85. The van der Waals surface area contributed by atoms with E-state index in [1.165, 1.54) is 11.3 Å². The van der Waals surface area contributed by atoms with Gasteiger partial charge in [0.25, 0.3) is 0 Å². The summed E-state index contributed by atoms with van der Waals surface area (Å²) < 4.78 is 27.6. The van der Waals surface area contributed by atoms with Crippen LogP contribution in [0.4, 0.5) is 0 Å². The normalized spacial score (nSPS) is 12.0. The first-order valence-corrected chi connectivity index (χ1v) is 9.80. The van der Waals surface area contributed by atoms with E-state index in [1.54, 1.807) is 11.3 Å². The van der Waals surface area contributed by atoms with Crippen LogP contribution in [0, 0.1) is 13.8 Å². The minimum atomic E-state index is -3.47. The monoisotopic (exact) mass is 345 g/mol. The van der Waals surface area contributed by atoms with Gasteiger partial charge in [0.2, 0.25) is 10.0 Å². The maximum Gasteiger partial charge on any atom is 0.241 e. The Morgan fingerprint density at radius 3 is 2.62 bits per heavy atom. The molecule has 0 amide bonds. The Hall–Kier alpha value is -0.800. The second kappa shape index (κ2) is 6.97. The van der Waals surface area contributed by atoms with Gasteiger partial charge in [-0.05, 0) is 31.8 Å². The van der Waals surface area contributed by atoms with Crippen LogP contribution < -0.4 is 10.0 Å². The number of thiazole rings is 1. The molecule has 0 radical (unpaired) electrons. The SMILES string of the molecule is CNCc1scc(C)c1S(=O)(=O)NCCc1csc(C)n1. The third-order valence-electron chi connectivity index (χ3n) is 2.94. The number of aryl methyl sites for hydroxylation is 2. The summed E-state index contributed by atoms with van der Waals surface area (Å²) >= 11 is 3.05. The van der Waals surface area contributed by atoms with Crippen LogP contribution in [-0.2, 0) is 23.0 Å². The van der Waals surface area contributed by atoms with Crippen molar-refractivity contribution in [3.63, 3.8) is 0 Å². The molecule has 2 aromatic heterocycles. The van der Waals surface area contributed by atoms with Crippen LogP contribution in [0.2, 0.25) is 0 Å². The molecular weight excluding hydrogens is 326 g/mol. The van der Waals surface area contributed by atoms with Crippen LogP contribution in [0.15, 0.2) is 15.7 Å². The molecule has 2 heterocycles. The number of nitrogens with one attached hydrogen (secondary N) is 2. The van der Waals surface area contributed by atoms with E-state index in [4.69, 9.17) is 0 Å². The van der Waals surface area contributed by atoms with E-state index in [2.05, 4.69) is 15.0 Å². The van der Waals surface area contributed by atoms with Crippen LogP contribution in [0.1, 0.15) is 21.1 Å². The topological polar surface area (TPSA) is 71.1 Å². The Balaban J connectivity index is 2.06. The molecule has 8 heteroatoms. The van der Waals surface area contributed by atoms with Gasteiger partial charge >= 0.3 is 0 Å². The third-order valence-corrected chi connectivity index (χ3v) is 6.68. The first-order chi connectivity index (χ1) is 9.94. The van der Waals surface area contributed by atoms with Crippen molar-refractivity contribution in [3.05, 3.63) is 31.9 Å². The first kappa shape index (κ1) is 16.6. The molecule has 116 valence electrons. The van der Waals surface area contributed by atoms with Gasteiger partial charge in [-0.3, -0.25) is 0 Å². The molecule has 2 rings (SSSR count). The lowest BCUT2D eigenvalue weighted by Crippen LogP contribution is -2.27. The molecule has 0 aromatic carbocycles. The highest BCUT2D eigenvalue weighted by atomic mass is 32.2. The highest BCUT2D eigenvalue weighted by Crippen LogP contribution is 2.26. The molecule has 0 atom stereocenters. The van der Waals surface area contributed by atoms with E-state index < -0.39 is 10.0 Å². The Kier molecular flexibility index (Phi) is 5.50. The summed E-state index contributed by atoms with van der Waals surface area (Å²) in [6.07, 6.45) is 0.605. The lowest BCUT2D eigenvalue weighted by atomic mass is 10.3. The molecule has 2 aromatic rings. The van der Waals surface area contributed by atoms with Gasteiger partial charge in [0, 0.05) is 29.8 Å². The largest absolute Gasteiger partial charge is 0.315 e. The smallest absolute Gasteiger partial charge is 0.241 e. The van der Waals surface area contributed by atoms with Crippen LogP contribution >= 0.6 is 22.7 Å². The molecule has 0 saturated carbocycles. The van der Waals surface area contributed by atoms with E-state index in [9.17, 15) is 8.42 Å². The molecule has 5 nitrogen and oxygen atoms in total. The zero-order valence-corrected chi connectivity index (χ0v) is 14.7. The van der Waals surface area contributed by atoms with Crippen molar-refractivity contribution in [2.45, 2.75) is 31.7 Å². The summed E-state index contributed by atoms with van der Waals surface area (Å²) in [5.74, 6) is 0. The van der Waals surface area contributed by atoms with Crippen LogP contribution in [-0.4, -0.2) is 27.0 Å². The Bertz CT molecular complexity index is 704. The molecule has 2 N–H and O–H groups in total. The third kappa shape index (κ3) is 4.10. The number of nitrogens with zero attached hydrogens (tertiary/aromatic N) is 1. The van der Waals surface area contributed by atoms with Crippen molar-refractivity contribution in [1.29, 1.82) is 0 Å². The summed E-state index contributed by atoms with van der Waals surface area (Å²) in [7, 11) is -1.66. The second-order valence-corrected chi connectivity index (χ2v) is 8.44. The quantitative estimate of drug-likeness (QED) is 0.806. The van der Waals surface area contributed by atoms with Gasteiger partial charge in [0.05, 0.1) is 10.7 Å². The maximum atomic E-state index is 12.5. The number of aromatic nitrogens is 1. The summed E-state index contributed by atoms with van der Waals surface area (Å²) in [6.45, 7) is 4.69. The molecule has 0 fully saturated rings. The zero-order valence-electron chi connectivity index (χ0n) is 12.3. The van der Waals surface area contributed by atoms with Crippen LogP contribution in [0.3, 0.4) is 0 Å². The molecule has 0 aliphatic rings. The number of sulfonamides is 1. The van der Waals surface area contributed by atoms with E-state index in [1.807, 2.05) is 31.7 Å². The highest BCUT2D eigenvalue weighted by molar-refractivity contribution is 7.89. The Morgan fingerprint density at radius 2 is 2.00 bits per heavy atom. The highest BCUT2D eigenvalue weighted by Gasteiger charge is 2.22. The summed E-state index contributed by atoms with van der Waals surface area (Å²) in [5.41, 5.74) is 1.72. The molecule has 0 aliphatic carbocycles. The molecule has 0 aliphatic heterocycles. The predicted octanol–water partition coefficient (Wildman–Crippen LogP) is 2.06. The van der Waals surface area contributed by atoms with E-state index in [0.717, 1.165) is 21.1 Å². The summed E-state index contributed by atoms with van der Waals surface area (Å²) in [6, 6.07) is 0. The molecular formula is C13H19N3O2S3. The lowest BCUT2D eigenvalue weighted by Gasteiger charge is -2.08. The Morgan fingerprint density at radius 1 is 1.24 bits per heavy atom. The minimum Gasteiger partial charge on any atom is -0.315 e. The fraction of sp³-hybridized carbons (Fsp3) is 0.462.